The zero-order valence-electron chi connectivity index (χ0n) is 17.9. The molecule has 0 spiro atoms. The van der Waals surface area contributed by atoms with Gasteiger partial charge in [-0.2, -0.15) is 105 Å². The summed E-state index contributed by atoms with van der Waals surface area (Å²) in [7, 11) is -8.50. The van der Waals surface area contributed by atoms with Crippen molar-refractivity contribution in [2.75, 3.05) is 6.54 Å². The number of allylic oxidation sites excluding steroid dienone is 1. The van der Waals surface area contributed by atoms with E-state index in [4.69, 9.17) is 0 Å². The Kier molecular flexibility index (Phi) is 9.53. The third-order valence-corrected chi connectivity index (χ3v) is 6.21. The molecule has 0 aromatic rings. The largest absolute Gasteiger partial charge is 0.460 e. The second-order valence-electron chi connectivity index (χ2n) is 7.14. The topological polar surface area (TPSA) is 37.4 Å². The quantitative estimate of drug-likeness (QED) is 0.167. The molecular weight excluding hydrogens is 664 g/mol. The summed E-state index contributed by atoms with van der Waals surface area (Å²) in [6.45, 7) is -1.92. The van der Waals surface area contributed by atoms with E-state index in [0.29, 0.717) is 6.92 Å². The Morgan fingerprint density at radius 3 is 1.12 bits per heavy atom. The van der Waals surface area contributed by atoms with Crippen LogP contribution in [-0.4, -0.2) is 72.4 Å². The van der Waals surface area contributed by atoms with E-state index in [1.165, 1.54) is 0 Å². The van der Waals surface area contributed by atoms with E-state index < -0.39 is 92.2 Å². The number of halogens is 22. The number of hydrogen-bond donors (Lipinski definition) is 0. The zero-order valence-corrected chi connectivity index (χ0v) is 18.7. The molecular formula is C14H7F22NO2S. The molecule has 0 saturated heterocycles. The molecule has 3 nitrogen and oxygen atoms in total. The maximum Gasteiger partial charge on any atom is 0.460 e. The number of hydrogen-bond acceptors (Lipinski definition) is 2. The Morgan fingerprint density at radius 1 is 0.550 bits per heavy atom. The van der Waals surface area contributed by atoms with Crippen LogP contribution in [0.5, 0.6) is 0 Å². The molecule has 0 fully saturated rings. The van der Waals surface area contributed by atoms with Crippen LogP contribution in [-0.2, 0) is 10.0 Å². The van der Waals surface area contributed by atoms with Gasteiger partial charge in [0.25, 0.3) is 5.83 Å². The Bertz CT molecular complexity index is 1070. The smallest absolute Gasteiger partial charge is 0.238 e. The Hall–Kier alpha value is -2.05. The number of sulfonamides is 1. The third kappa shape index (κ3) is 5.08. The van der Waals surface area contributed by atoms with Gasteiger partial charge in [0.15, 0.2) is 0 Å². The van der Waals surface area contributed by atoms with Crippen LogP contribution in [0.15, 0.2) is 11.8 Å². The van der Waals surface area contributed by atoms with Gasteiger partial charge in [0, 0.05) is 6.54 Å². The molecule has 0 aromatic heterocycles. The van der Waals surface area contributed by atoms with Crippen LogP contribution >= 0.6 is 0 Å². The average molecular weight is 671 g/mol. The van der Waals surface area contributed by atoms with Gasteiger partial charge in [0.2, 0.25) is 5.95 Å². The fourth-order valence-electron chi connectivity index (χ4n) is 2.20. The highest BCUT2D eigenvalue weighted by atomic mass is 32.2. The van der Waals surface area contributed by atoms with Crippen molar-refractivity contribution < 1.29 is 105 Å². The van der Waals surface area contributed by atoms with Gasteiger partial charge >= 0.3 is 63.2 Å². The summed E-state index contributed by atoms with van der Waals surface area (Å²) < 4.78 is 310. The van der Waals surface area contributed by atoms with E-state index in [9.17, 15) is 105 Å². The second-order valence-corrected chi connectivity index (χ2v) is 9.04. The maximum atomic E-state index is 14.1. The van der Waals surface area contributed by atoms with Gasteiger partial charge < -0.3 is 0 Å². The molecule has 0 aliphatic heterocycles. The first-order chi connectivity index (χ1) is 17.0. The first kappa shape index (κ1) is 37.9. The van der Waals surface area contributed by atoms with Crippen molar-refractivity contribution in [3.05, 3.63) is 11.8 Å². The molecule has 0 amide bonds. The lowest BCUT2D eigenvalue weighted by Crippen LogP contribution is -2.75. The molecule has 0 bridgehead atoms. The van der Waals surface area contributed by atoms with Gasteiger partial charge in [-0.05, 0) is 6.42 Å². The summed E-state index contributed by atoms with van der Waals surface area (Å²) in [6.07, 6.45) is -16.1. The number of alkyl halides is 20. The van der Waals surface area contributed by atoms with Crippen LogP contribution in [0, 0.1) is 0 Å². The Morgan fingerprint density at radius 2 is 0.850 bits per heavy atom. The molecule has 240 valence electrons. The summed E-state index contributed by atoms with van der Waals surface area (Å²) in [5.41, 5.74) is 0. The lowest BCUT2D eigenvalue weighted by Gasteiger charge is -2.43. The molecule has 0 radical (unpaired) electrons. The van der Waals surface area contributed by atoms with E-state index in [1.807, 2.05) is 0 Å². The lowest BCUT2D eigenvalue weighted by atomic mass is 9.91. The van der Waals surface area contributed by atoms with Crippen molar-refractivity contribution in [2.24, 2.45) is 0 Å². The highest BCUT2D eigenvalue weighted by molar-refractivity contribution is 7.90. The standard InChI is InChI=1S/C14H7F22NO2S/c1-2-3-37(5(16)4(15)6(17,18)19)40(38,39)14(35,36)12(30,31)10(26,27)8(22,23)7(20,21)9(24,25)11(28,29)13(32,33)34/h2-3H2,1H3. The summed E-state index contributed by atoms with van der Waals surface area (Å²) in [4.78, 5) is 0. The maximum absolute atomic E-state index is 14.1. The predicted molar refractivity (Wildman–Crippen MR) is 81.9 cm³/mol. The van der Waals surface area contributed by atoms with Gasteiger partial charge in [-0.3, -0.25) is 0 Å². The summed E-state index contributed by atoms with van der Waals surface area (Å²) in [6, 6.07) is 0. The molecule has 26 heteroatoms. The summed E-state index contributed by atoms with van der Waals surface area (Å²) in [5.74, 6) is -62.3. The molecule has 0 saturated carbocycles. The number of rotatable bonds is 11. The third-order valence-electron chi connectivity index (χ3n) is 4.38. The van der Waals surface area contributed by atoms with Gasteiger partial charge in [-0.25, -0.2) is 4.31 Å². The van der Waals surface area contributed by atoms with Crippen LogP contribution in [0.25, 0.3) is 0 Å². The van der Waals surface area contributed by atoms with Crippen LogP contribution in [0.3, 0.4) is 0 Å². The normalized spacial score (nSPS) is 16.7. The van der Waals surface area contributed by atoms with E-state index in [2.05, 4.69) is 0 Å². The van der Waals surface area contributed by atoms with Crippen molar-refractivity contribution in [1.29, 1.82) is 0 Å². The van der Waals surface area contributed by atoms with Gasteiger partial charge in [-0.1, -0.05) is 6.92 Å². The number of nitrogens with zero attached hydrogens (tertiary/aromatic N) is 1. The second kappa shape index (κ2) is 10.0. The Labute approximate surface area is 205 Å². The summed E-state index contributed by atoms with van der Waals surface area (Å²) >= 11 is 0. The molecule has 0 aromatic carbocycles. The molecule has 0 rings (SSSR count). The monoisotopic (exact) mass is 671 g/mol. The van der Waals surface area contributed by atoms with Crippen LogP contribution < -0.4 is 0 Å². The van der Waals surface area contributed by atoms with Gasteiger partial charge in [0.05, 0.1) is 0 Å². The van der Waals surface area contributed by atoms with E-state index in [0.717, 1.165) is 0 Å². The minimum absolute atomic E-state index is 0.448. The predicted octanol–water partition coefficient (Wildman–Crippen LogP) is 7.67. The minimum atomic E-state index is -9.21. The minimum Gasteiger partial charge on any atom is -0.238 e. The van der Waals surface area contributed by atoms with Crippen molar-refractivity contribution >= 4 is 10.0 Å². The van der Waals surface area contributed by atoms with E-state index in [-0.39, 0.29) is 0 Å². The van der Waals surface area contributed by atoms with Crippen molar-refractivity contribution in [2.45, 2.75) is 66.5 Å². The van der Waals surface area contributed by atoms with E-state index >= 15 is 0 Å². The molecule has 0 atom stereocenters. The van der Waals surface area contributed by atoms with Crippen molar-refractivity contribution in [3.63, 3.8) is 0 Å². The van der Waals surface area contributed by atoms with E-state index in [1.54, 1.807) is 0 Å². The molecule has 0 aliphatic carbocycles. The molecule has 0 aliphatic rings. The SMILES string of the molecule is CCCN(C(F)=C(F)C(F)(F)F)S(=O)(=O)C(F)(F)C(F)(F)C(F)(F)C(F)(F)C(F)(F)C(F)(F)C(F)(F)C(F)(F)F. The Balaban J connectivity index is 7.37. The van der Waals surface area contributed by atoms with Crippen molar-refractivity contribution in [3.8, 4) is 0 Å². The van der Waals surface area contributed by atoms with Crippen LogP contribution in [0.1, 0.15) is 13.3 Å². The summed E-state index contributed by atoms with van der Waals surface area (Å²) in [5, 5.41) is -8.36. The fourth-order valence-corrected chi connectivity index (χ4v) is 3.65. The molecule has 0 unspecified atom stereocenters. The highest BCUT2D eigenvalue weighted by Crippen LogP contribution is 2.64. The molecule has 0 heterocycles. The first-order valence-corrected chi connectivity index (χ1v) is 10.3. The highest BCUT2D eigenvalue weighted by Gasteiger charge is 2.96. The van der Waals surface area contributed by atoms with Gasteiger partial charge in [-0.15, -0.1) is 0 Å². The average Bonchev–Trinajstić information content (AvgIpc) is 2.73. The van der Waals surface area contributed by atoms with Crippen LogP contribution in [0.2, 0.25) is 0 Å². The molecule has 40 heavy (non-hydrogen) atoms. The lowest BCUT2D eigenvalue weighted by molar-refractivity contribution is -0.458. The zero-order chi connectivity index (χ0) is 33.1. The molecule has 0 N–H and O–H groups in total. The fraction of sp³-hybridized carbons (Fsp3) is 0.857. The first-order valence-electron chi connectivity index (χ1n) is 8.87. The van der Waals surface area contributed by atoms with Gasteiger partial charge in [0.1, 0.15) is 0 Å². The van der Waals surface area contributed by atoms with Crippen molar-refractivity contribution in [1.82, 2.24) is 4.31 Å². The van der Waals surface area contributed by atoms with Crippen LogP contribution in [0.4, 0.5) is 96.6 Å².